The predicted molar refractivity (Wildman–Crippen MR) is 100 cm³/mol. The van der Waals surface area contributed by atoms with Gasteiger partial charge in [0.25, 0.3) is 5.91 Å². The van der Waals surface area contributed by atoms with E-state index in [1.54, 1.807) is 18.7 Å². The van der Waals surface area contributed by atoms with Gasteiger partial charge in [-0.3, -0.25) is 14.5 Å². The Morgan fingerprint density at radius 3 is 2.55 bits per heavy atom. The van der Waals surface area contributed by atoms with E-state index in [9.17, 15) is 24.6 Å². The standard InChI is InChI=1S/C18H29N3O6S.Na/c1-4-20(6-5-19-7-9-27-10-8-19)15(24)12(22)11-14(23)21-13(17(25)26)18(2,3)28-16(11)21;/h11-13,16,22H,4-10H2,1-3H3,(H,25,26);/q;+1/p-1/t11-,12+,13+,16-;/m1./s1. The van der Waals surface area contributed by atoms with E-state index in [4.69, 9.17) is 4.74 Å². The molecule has 1 N–H and O–H groups in total. The molecule has 0 spiro atoms. The monoisotopic (exact) mass is 437 g/mol. The van der Waals surface area contributed by atoms with Gasteiger partial charge in [-0.2, -0.15) is 0 Å². The molecular weight excluding hydrogens is 409 g/mol. The Labute approximate surface area is 197 Å². The van der Waals surface area contributed by atoms with Gasteiger partial charge < -0.3 is 29.5 Å². The van der Waals surface area contributed by atoms with Gasteiger partial charge in [-0.15, -0.1) is 11.8 Å². The number of rotatable bonds is 7. The Hall–Kier alpha value is -0.360. The number of hydrogen-bond acceptors (Lipinski definition) is 8. The zero-order valence-electron chi connectivity index (χ0n) is 17.5. The predicted octanol–water partition coefficient (Wildman–Crippen LogP) is -5.04. The molecule has 29 heavy (non-hydrogen) atoms. The fraction of sp³-hybridized carbons (Fsp3) is 0.833. The van der Waals surface area contributed by atoms with Crippen LogP contribution in [0.5, 0.6) is 0 Å². The van der Waals surface area contributed by atoms with Gasteiger partial charge in [0.1, 0.15) is 12.0 Å². The third kappa shape index (κ3) is 4.78. The number of ether oxygens (including phenoxy) is 1. The molecule has 0 saturated carbocycles. The topological polar surface area (TPSA) is 113 Å². The number of carboxylic acids is 1. The van der Waals surface area contributed by atoms with Crippen LogP contribution in [0.2, 0.25) is 0 Å². The summed E-state index contributed by atoms with van der Waals surface area (Å²) in [6.07, 6.45) is -1.47. The van der Waals surface area contributed by atoms with Crippen LogP contribution in [0.1, 0.15) is 20.8 Å². The minimum atomic E-state index is -1.47. The molecule has 3 aliphatic rings. The van der Waals surface area contributed by atoms with Crippen LogP contribution in [-0.4, -0.2) is 106 Å². The minimum absolute atomic E-state index is 0. The summed E-state index contributed by atoms with van der Waals surface area (Å²) in [4.78, 5) is 41.9. The summed E-state index contributed by atoms with van der Waals surface area (Å²) in [5, 5.41) is 21.6. The largest absolute Gasteiger partial charge is 1.00 e. The van der Waals surface area contributed by atoms with E-state index in [2.05, 4.69) is 4.90 Å². The molecule has 3 heterocycles. The van der Waals surface area contributed by atoms with Crippen molar-refractivity contribution < 1.29 is 58.9 Å². The maximum Gasteiger partial charge on any atom is 1.00 e. The normalized spacial score (nSPS) is 29.4. The molecule has 0 aromatic carbocycles. The smallest absolute Gasteiger partial charge is 0.548 e. The molecule has 0 bridgehead atoms. The van der Waals surface area contributed by atoms with Gasteiger partial charge in [0, 0.05) is 37.5 Å². The second-order valence-corrected chi connectivity index (χ2v) is 9.69. The maximum atomic E-state index is 12.8. The number of carboxylic acid groups (broad SMARTS) is 1. The van der Waals surface area contributed by atoms with Gasteiger partial charge in [-0.25, -0.2) is 0 Å². The van der Waals surface area contributed by atoms with Crippen molar-refractivity contribution in [2.75, 3.05) is 45.9 Å². The summed E-state index contributed by atoms with van der Waals surface area (Å²) in [5.74, 6) is -3.21. The number of amides is 2. The molecule has 3 aliphatic heterocycles. The Morgan fingerprint density at radius 1 is 1.38 bits per heavy atom. The average molecular weight is 437 g/mol. The van der Waals surface area contributed by atoms with E-state index in [-0.39, 0.29) is 29.6 Å². The number of nitrogens with zero attached hydrogens (tertiary/aromatic N) is 3. The van der Waals surface area contributed by atoms with Crippen LogP contribution in [0.4, 0.5) is 0 Å². The molecular formula is C18H28N3NaO6S. The number of fused-ring (bicyclic) bond motifs is 1. The summed E-state index contributed by atoms with van der Waals surface area (Å²) in [6, 6.07) is -1.06. The van der Waals surface area contributed by atoms with Crippen molar-refractivity contribution in [1.82, 2.24) is 14.7 Å². The van der Waals surface area contributed by atoms with Crippen molar-refractivity contribution in [3.63, 3.8) is 0 Å². The van der Waals surface area contributed by atoms with Crippen molar-refractivity contribution in [3.05, 3.63) is 0 Å². The van der Waals surface area contributed by atoms with Crippen molar-refractivity contribution in [3.8, 4) is 0 Å². The van der Waals surface area contributed by atoms with Crippen molar-refractivity contribution in [1.29, 1.82) is 0 Å². The summed E-state index contributed by atoms with van der Waals surface area (Å²) < 4.78 is 4.57. The number of aliphatic hydroxyl groups excluding tert-OH is 1. The molecule has 3 fully saturated rings. The zero-order valence-corrected chi connectivity index (χ0v) is 20.3. The molecule has 0 aliphatic carbocycles. The SMILES string of the molecule is CCN(CCN1CCOCC1)C(=O)[C@@H](O)[C@@H]1C(=O)N2[C@@H]1SC(C)(C)[C@@H]2C(=O)[O-].[Na+]. The first-order chi connectivity index (χ1) is 13.2. The molecule has 3 saturated heterocycles. The molecule has 0 aromatic heterocycles. The minimum Gasteiger partial charge on any atom is -0.548 e. The van der Waals surface area contributed by atoms with E-state index in [1.165, 1.54) is 16.7 Å². The van der Waals surface area contributed by atoms with Crippen molar-refractivity contribution in [2.24, 2.45) is 5.92 Å². The van der Waals surface area contributed by atoms with Crippen molar-refractivity contribution in [2.45, 2.75) is 43.0 Å². The molecule has 3 rings (SSSR count). The Morgan fingerprint density at radius 2 is 2.00 bits per heavy atom. The molecule has 158 valence electrons. The average Bonchev–Trinajstić information content (AvgIpc) is 2.90. The van der Waals surface area contributed by atoms with E-state index in [0.717, 1.165) is 13.1 Å². The first-order valence-electron chi connectivity index (χ1n) is 9.67. The van der Waals surface area contributed by atoms with Gasteiger partial charge in [0.15, 0.2) is 0 Å². The molecule has 0 unspecified atom stereocenters. The first-order valence-corrected chi connectivity index (χ1v) is 10.5. The number of β-lactam (4-membered cyclic amide) rings is 1. The Kier molecular flexibility index (Phi) is 8.45. The van der Waals surface area contributed by atoms with E-state index >= 15 is 0 Å². The van der Waals surface area contributed by atoms with Crippen LogP contribution in [-0.2, 0) is 19.1 Å². The molecule has 0 radical (unpaired) electrons. The Balaban J connectivity index is 0.00000300. The van der Waals surface area contributed by atoms with Gasteiger partial charge in [-0.05, 0) is 20.8 Å². The third-order valence-electron chi connectivity index (χ3n) is 5.78. The molecule has 4 atom stereocenters. The number of morpholine rings is 1. The number of hydrogen-bond donors (Lipinski definition) is 1. The van der Waals surface area contributed by atoms with Gasteiger partial charge in [0.2, 0.25) is 5.91 Å². The van der Waals surface area contributed by atoms with Gasteiger partial charge >= 0.3 is 29.6 Å². The van der Waals surface area contributed by atoms with Crippen LogP contribution < -0.4 is 34.7 Å². The number of likely N-dealkylation sites (N-methyl/N-ethyl adjacent to an activating group) is 1. The molecule has 0 aromatic rings. The summed E-state index contributed by atoms with van der Waals surface area (Å²) in [5.41, 5.74) is 0. The number of aliphatic carboxylic acids is 1. The number of thioether (sulfide) groups is 1. The summed E-state index contributed by atoms with van der Waals surface area (Å²) in [7, 11) is 0. The number of carbonyl (C=O) groups is 3. The van der Waals surface area contributed by atoms with Crippen LogP contribution in [0.25, 0.3) is 0 Å². The molecule has 2 amide bonds. The van der Waals surface area contributed by atoms with Crippen LogP contribution >= 0.6 is 11.8 Å². The Bertz CT molecular complexity index is 645. The quantitative estimate of drug-likeness (QED) is 0.311. The van der Waals surface area contributed by atoms with Crippen LogP contribution in [0.15, 0.2) is 0 Å². The maximum absolute atomic E-state index is 12.8. The second-order valence-electron chi connectivity index (χ2n) is 7.92. The molecule has 9 nitrogen and oxygen atoms in total. The van der Waals surface area contributed by atoms with Crippen LogP contribution in [0, 0.1) is 5.92 Å². The van der Waals surface area contributed by atoms with Gasteiger partial charge in [-0.1, -0.05) is 0 Å². The van der Waals surface area contributed by atoms with Crippen LogP contribution in [0.3, 0.4) is 0 Å². The number of carbonyl (C=O) groups excluding carboxylic acids is 3. The van der Waals surface area contributed by atoms with E-state index < -0.39 is 46.0 Å². The number of aliphatic hydroxyl groups is 1. The second kappa shape index (κ2) is 9.84. The van der Waals surface area contributed by atoms with E-state index in [1.807, 2.05) is 6.92 Å². The zero-order chi connectivity index (χ0) is 20.6. The first kappa shape index (κ1) is 24.9. The summed E-state index contributed by atoms with van der Waals surface area (Å²) >= 11 is 1.30. The van der Waals surface area contributed by atoms with Crippen molar-refractivity contribution >= 4 is 29.5 Å². The fourth-order valence-corrected chi connectivity index (χ4v) is 5.88. The fourth-order valence-electron chi connectivity index (χ4n) is 4.17. The molecule has 11 heteroatoms. The van der Waals surface area contributed by atoms with Gasteiger partial charge in [0.05, 0.1) is 30.6 Å². The third-order valence-corrected chi connectivity index (χ3v) is 7.37. The summed E-state index contributed by atoms with van der Waals surface area (Å²) in [6.45, 7) is 9.82. The van der Waals surface area contributed by atoms with E-state index in [0.29, 0.717) is 32.8 Å².